The number of fused-ring (bicyclic) bond motifs is 1. The monoisotopic (exact) mass is 351 g/mol. The fourth-order valence-corrected chi connectivity index (χ4v) is 3.42. The molecule has 2 aromatic heterocycles. The standard InChI is InChI=1S/C20H25N5O/c1-13-3-4-16(9-14(13)2)17-12-23-25-19(10-18(21)24-20(17)25)22-11-15-5-7-26-8-6-15/h3-4,9-10,12,15,22H,5-8,11H2,1-2H3,(H2,21,24). The first-order valence-electron chi connectivity index (χ1n) is 9.15. The second kappa shape index (κ2) is 6.96. The number of nitrogen functional groups attached to an aromatic ring is 1. The highest BCUT2D eigenvalue weighted by Gasteiger charge is 2.16. The molecule has 1 fully saturated rings. The number of aryl methyl sites for hydroxylation is 2. The summed E-state index contributed by atoms with van der Waals surface area (Å²) in [5.41, 5.74) is 11.5. The Hall–Kier alpha value is -2.60. The van der Waals surface area contributed by atoms with Crippen LogP contribution in [0.1, 0.15) is 24.0 Å². The van der Waals surface area contributed by atoms with Gasteiger partial charge >= 0.3 is 0 Å². The topological polar surface area (TPSA) is 77.5 Å². The molecule has 0 bridgehead atoms. The molecule has 0 atom stereocenters. The molecule has 3 aromatic rings. The molecule has 1 saturated heterocycles. The van der Waals surface area contributed by atoms with E-state index in [4.69, 9.17) is 10.5 Å². The van der Waals surface area contributed by atoms with Gasteiger partial charge in [0.05, 0.1) is 6.20 Å². The zero-order valence-electron chi connectivity index (χ0n) is 15.3. The molecule has 0 radical (unpaired) electrons. The maximum absolute atomic E-state index is 6.08. The lowest BCUT2D eigenvalue weighted by Gasteiger charge is -2.22. The predicted octanol–water partition coefficient (Wildman–Crippen LogP) is 3.43. The lowest BCUT2D eigenvalue weighted by molar-refractivity contribution is 0.0699. The summed E-state index contributed by atoms with van der Waals surface area (Å²) in [6.07, 6.45) is 4.04. The van der Waals surface area contributed by atoms with Crippen molar-refractivity contribution in [2.45, 2.75) is 26.7 Å². The Morgan fingerprint density at radius 3 is 2.77 bits per heavy atom. The van der Waals surface area contributed by atoms with Crippen molar-refractivity contribution in [2.24, 2.45) is 5.92 Å². The first kappa shape index (κ1) is 16.8. The molecule has 3 heterocycles. The van der Waals surface area contributed by atoms with Gasteiger partial charge in [0.1, 0.15) is 11.6 Å². The molecular formula is C20H25N5O. The van der Waals surface area contributed by atoms with Crippen molar-refractivity contribution in [1.29, 1.82) is 0 Å². The molecule has 0 spiro atoms. The summed E-state index contributed by atoms with van der Waals surface area (Å²) in [5, 5.41) is 8.07. The van der Waals surface area contributed by atoms with E-state index in [2.05, 4.69) is 47.4 Å². The van der Waals surface area contributed by atoms with Crippen molar-refractivity contribution in [1.82, 2.24) is 14.6 Å². The van der Waals surface area contributed by atoms with Gasteiger partial charge in [-0.15, -0.1) is 0 Å². The van der Waals surface area contributed by atoms with E-state index in [1.165, 1.54) is 11.1 Å². The maximum atomic E-state index is 6.08. The summed E-state index contributed by atoms with van der Waals surface area (Å²) in [6.45, 7) is 6.82. The van der Waals surface area contributed by atoms with Crippen molar-refractivity contribution in [3.63, 3.8) is 0 Å². The molecular weight excluding hydrogens is 326 g/mol. The minimum Gasteiger partial charge on any atom is -0.384 e. The Kier molecular flexibility index (Phi) is 4.51. The Morgan fingerprint density at radius 2 is 2.00 bits per heavy atom. The SMILES string of the molecule is Cc1ccc(-c2cnn3c(NCC4CCOCC4)cc(N)nc23)cc1C. The molecule has 0 aliphatic carbocycles. The summed E-state index contributed by atoms with van der Waals surface area (Å²) in [4.78, 5) is 4.54. The van der Waals surface area contributed by atoms with Crippen molar-refractivity contribution >= 4 is 17.3 Å². The summed E-state index contributed by atoms with van der Waals surface area (Å²) < 4.78 is 7.28. The molecule has 1 aromatic carbocycles. The van der Waals surface area contributed by atoms with Crippen LogP contribution in [0.2, 0.25) is 0 Å². The third-order valence-electron chi connectivity index (χ3n) is 5.22. The van der Waals surface area contributed by atoms with Crippen LogP contribution in [0.25, 0.3) is 16.8 Å². The van der Waals surface area contributed by atoms with Crippen LogP contribution < -0.4 is 11.1 Å². The van der Waals surface area contributed by atoms with Gasteiger partial charge < -0.3 is 15.8 Å². The molecule has 4 rings (SSSR count). The van der Waals surface area contributed by atoms with Gasteiger partial charge in [-0.2, -0.15) is 9.61 Å². The van der Waals surface area contributed by atoms with Crippen LogP contribution in [-0.4, -0.2) is 34.4 Å². The third-order valence-corrected chi connectivity index (χ3v) is 5.22. The van der Waals surface area contributed by atoms with Gasteiger partial charge in [-0.05, 0) is 49.3 Å². The van der Waals surface area contributed by atoms with E-state index in [1.54, 1.807) is 0 Å². The molecule has 1 aliphatic rings. The third kappa shape index (κ3) is 3.24. The van der Waals surface area contributed by atoms with E-state index >= 15 is 0 Å². The van der Waals surface area contributed by atoms with Crippen LogP contribution in [-0.2, 0) is 4.74 Å². The number of nitrogens with zero attached hydrogens (tertiary/aromatic N) is 3. The largest absolute Gasteiger partial charge is 0.384 e. The first-order valence-corrected chi connectivity index (χ1v) is 9.15. The second-order valence-electron chi connectivity index (χ2n) is 7.10. The van der Waals surface area contributed by atoms with Crippen LogP contribution in [0.4, 0.5) is 11.6 Å². The number of anilines is 2. The van der Waals surface area contributed by atoms with Crippen LogP contribution in [0.15, 0.2) is 30.5 Å². The lowest BCUT2D eigenvalue weighted by atomic mass is 10.0. The quantitative estimate of drug-likeness (QED) is 0.753. The average molecular weight is 351 g/mol. The number of aromatic nitrogens is 3. The number of hydrogen-bond donors (Lipinski definition) is 2. The van der Waals surface area contributed by atoms with Crippen molar-refractivity contribution < 1.29 is 4.74 Å². The van der Waals surface area contributed by atoms with Gasteiger partial charge in [-0.25, -0.2) is 4.98 Å². The number of nitrogens with one attached hydrogen (secondary N) is 1. The van der Waals surface area contributed by atoms with Gasteiger partial charge in [0.15, 0.2) is 5.65 Å². The highest BCUT2D eigenvalue weighted by Crippen LogP contribution is 2.28. The zero-order chi connectivity index (χ0) is 18.1. The van der Waals surface area contributed by atoms with Crippen LogP contribution in [0.5, 0.6) is 0 Å². The zero-order valence-corrected chi connectivity index (χ0v) is 15.3. The first-order chi connectivity index (χ1) is 12.6. The van der Waals surface area contributed by atoms with E-state index < -0.39 is 0 Å². The van der Waals surface area contributed by atoms with Crippen molar-refractivity contribution in [3.05, 3.63) is 41.6 Å². The highest BCUT2D eigenvalue weighted by molar-refractivity contribution is 5.79. The minimum atomic E-state index is 0.498. The smallest absolute Gasteiger partial charge is 0.167 e. The Morgan fingerprint density at radius 1 is 1.19 bits per heavy atom. The van der Waals surface area contributed by atoms with Crippen molar-refractivity contribution in [3.8, 4) is 11.1 Å². The van der Waals surface area contributed by atoms with Crippen molar-refractivity contribution in [2.75, 3.05) is 30.8 Å². The van der Waals surface area contributed by atoms with E-state index in [-0.39, 0.29) is 0 Å². The van der Waals surface area contributed by atoms with Gasteiger partial charge in [0.25, 0.3) is 0 Å². The van der Waals surface area contributed by atoms with E-state index in [0.29, 0.717) is 11.7 Å². The molecule has 0 saturated carbocycles. The number of rotatable bonds is 4. The molecule has 6 nitrogen and oxygen atoms in total. The Labute approximate surface area is 153 Å². The molecule has 3 N–H and O–H groups in total. The molecule has 26 heavy (non-hydrogen) atoms. The Bertz CT molecular complexity index is 927. The van der Waals surface area contributed by atoms with Crippen LogP contribution >= 0.6 is 0 Å². The maximum Gasteiger partial charge on any atom is 0.167 e. The summed E-state index contributed by atoms with van der Waals surface area (Å²) >= 11 is 0. The number of benzene rings is 1. The van der Waals surface area contributed by atoms with Crippen LogP contribution in [0.3, 0.4) is 0 Å². The van der Waals surface area contributed by atoms with E-state index in [0.717, 1.165) is 55.2 Å². The molecule has 1 aliphatic heterocycles. The van der Waals surface area contributed by atoms with E-state index in [9.17, 15) is 0 Å². The molecule has 6 heteroatoms. The lowest BCUT2D eigenvalue weighted by Crippen LogP contribution is -2.23. The average Bonchev–Trinajstić information content (AvgIpc) is 3.06. The normalized spacial score (nSPS) is 15.5. The minimum absolute atomic E-state index is 0.498. The summed E-state index contributed by atoms with van der Waals surface area (Å²) in [7, 11) is 0. The predicted molar refractivity (Wildman–Crippen MR) is 104 cm³/mol. The van der Waals surface area contributed by atoms with Gasteiger partial charge in [-0.3, -0.25) is 0 Å². The van der Waals surface area contributed by atoms with E-state index in [1.807, 2.05) is 16.8 Å². The molecule has 0 unspecified atom stereocenters. The van der Waals surface area contributed by atoms with Gasteiger partial charge in [0.2, 0.25) is 0 Å². The molecule has 0 amide bonds. The van der Waals surface area contributed by atoms with Crippen LogP contribution in [0, 0.1) is 19.8 Å². The number of nitrogens with two attached hydrogens (primary N) is 1. The fraction of sp³-hybridized carbons (Fsp3) is 0.400. The number of ether oxygens (including phenoxy) is 1. The highest BCUT2D eigenvalue weighted by atomic mass is 16.5. The molecule has 136 valence electrons. The fourth-order valence-electron chi connectivity index (χ4n) is 3.42. The summed E-state index contributed by atoms with van der Waals surface area (Å²) in [6, 6.07) is 8.26. The number of hydrogen-bond acceptors (Lipinski definition) is 5. The Balaban J connectivity index is 1.67. The second-order valence-corrected chi connectivity index (χ2v) is 7.10. The summed E-state index contributed by atoms with van der Waals surface area (Å²) in [5.74, 6) is 2.00. The van der Waals surface area contributed by atoms with Gasteiger partial charge in [-0.1, -0.05) is 18.2 Å². The van der Waals surface area contributed by atoms with Gasteiger partial charge in [0, 0.05) is 31.4 Å².